The third-order valence-corrected chi connectivity index (χ3v) is 3.03. The minimum absolute atomic E-state index is 0.191. The third kappa shape index (κ3) is 2.38. The Hall–Kier alpha value is -2.31. The molecule has 1 aromatic carbocycles. The van der Waals surface area contributed by atoms with Gasteiger partial charge in [-0.3, -0.25) is 4.98 Å². The molecule has 0 aliphatic rings. The van der Waals surface area contributed by atoms with Crippen LogP contribution < -0.4 is 5.73 Å². The van der Waals surface area contributed by atoms with Gasteiger partial charge in [-0.05, 0) is 37.2 Å². The Morgan fingerprint density at radius 3 is 3.05 bits per heavy atom. The van der Waals surface area contributed by atoms with Gasteiger partial charge in [-0.2, -0.15) is 4.98 Å². The molecule has 2 aromatic heterocycles. The molecule has 0 saturated heterocycles. The maximum atomic E-state index is 9.77. The van der Waals surface area contributed by atoms with Crippen LogP contribution in [0.4, 0.5) is 0 Å². The maximum absolute atomic E-state index is 9.77. The summed E-state index contributed by atoms with van der Waals surface area (Å²) in [6.07, 6.45) is 1.32. The molecule has 2 heterocycles. The molecule has 0 radical (unpaired) electrons. The van der Waals surface area contributed by atoms with Gasteiger partial charge in [0.1, 0.15) is 6.10 Å². The average Bonchev–Trinajstić information content (AvgIpc) is 2.97. The molecule has 0 aliphatic carbocycles. The van der Waals surface area contributed by atoms with Crippen molar-refractivity contribution in [3.8, 4) is 11.4 Å². The van der Waals surface area contributed by atoms with Crippen molar-refractivity contribution in [1.82, 2.24) is 15.1 Å². The molecule has 0 spiro atoms. The fourth-order valence-electron chi connectivity index (χ4n) is 1.98. The van der Waals surface area contributed by atoms with Gasteiger partial charge >= 0.3 is 0 Å². The van der Waals surface area contributed by atoms with Crippen LogP contribution in [0.15, 0.2) is 41.1 Å². The summed E-state index contributed by atoms with van der Waals surface area (Å²) in [6, 6.07) is 9.55. The Kier molecular flexibility index (Phi) is 3.41. The number of aliphatic hydroxyl groups is 1. The van der Waals surface area contributed by atoms with Crippen molar-refractivity contribution in [3.63, 3.8) is 0 Å². The highest BCUT2D eigenvalue weighted by atomic mass is 16.5. The molecule has 0 unspecified atom stereocenters. The minimum Gasteiger partial charge on any atom is -0.383 e. The van der Waals surface area contributed by atoms with Gasteiger partial charge in [-0.15, -0.1) is 0 Å². The van der Waals surface area contributed by atoms with E-state index in [1.807, 2.05) is 30.3 Å². The van der Waals surface area contributed by atoms with Crippen molar-refractivity contribution >= 4 is 10.9 Å². The lowest BCUT2D eigenvalue weighted by Crippen LogP contribution is -2.06. The number of aliphatic hydroxyl groups excluding tert-OH is 1. The number of pyridine rings is 1. The molecular formula is C14H14N4O2. The van der Waals surface area contributed by atoms with Gasteiger partial charge in [-0.1, -0.05) is 11.2 Å². The van der Waals surface area contributed by atoms with Crippen LogP contribution in [0.1, 0.15) is 18.4 Å². The maximum Gasteiger partial charge on any atom is 0.255 e. The number of rotatable bonds is 4. The lowest BCUT2D eigenvalue weighted by Gasteiger charge is -2.01. The Balaban J connectivity index is 1.94. The SMILES string of the molecule is NCC[C@H](O)c1nc(-c2ccc3ncccc3c2)no1. The smallest absolute Gasteiger partial charge is 0.255 e. The number of nitrogens with zero attached hydrogens (tertiary/aromatic N) is 3. The van der Waals surface area contributed by atoms with Gasteiger partial charge in [0, 0.05) is 17.1 Å². The fraction of sp³-hybridized carbons (Fsp3) is 0.214. The lowest BCUT2D eigenvalue weighted by atomic mass is 10.1. The van der Waals surface area contributed by atoms with E-state index >= 15 is 0 Å². The summed E-state index contributed by atoms with van der Waals surface area (Å²) in [7, 11) is 0. The van der Waals surface area contributed by atoms with Crippen molar-refractivity contribution in [2.45, 2.75) is 12.5 Å². The van der Waals surface area contributed by atoms with Crippen LogP contribution >= 0.6 is 0 Å². The van der Waals surface area contributed by atoms with E-state index in [-0.39, 0.29) is 5.89 Å². The van der Waals surface area contributed by atoms with Crippen molar-refractivity contribution in [1.29, 1.82) is 0 Å². The number of nitrogens with two attached hydrogens (primary N) is 1. The largest absolute Gasteiger partial charge is 0.383 e. The topological polar surface area (TPSA) is 98.1 Å². The predicted molar refractivity (Wildman–Crippen MR) is 73.7 cm³/mol. The van der Waals surface area contributed by atoms with Crippen molar-refractivity contribution in [2.24, 2.45) is 5.73 Å². The van der Waals surface area contributed by atoms with Crippen LogP contribution in [0.3, 0.4) is 0 Å². The van der Waals surface area contributed by atoms with E-state index in [4.69, 9.17) is 10.3 Å². The molecule has 0 bridgehead atoms. The zero-order chi connectivity index (χ0) is 13.9. The first-order chi connectivity index (χ1) is 9.78. The molecule has 3 N–H and O–H groups in total. The average molecular weight is 270 g/mol. The number of fused-ring (bicyclic) bond motifs is 1. The molecule has 0 aliphatic heterocycles. The summed E-state index contributed by atoms with van der Waals surface area (Å²) < 4.78 is 5.06. The number of benzene rings is 1. The molecule has 3 rings (SSSR count). The van der Waals surface area contributed by atoms with Crippen molar-refractivity contribution in [2.75, 3.05) is 6.54 Å². The van der Waals surface area contributed by atoms with Gasteiger partial charge in [0.25, 0.3) is 5.89 Å². The van der Waals surface area contributed by atoms with Gasteiger partial charge in [0.15, 0.2) is 0 Å². The lowest BCUT2D eigenvalue weighted by molar-refractivity contribution is 0.127. The second-order valence-electron chi connectivity index (χ2n) is 4.46. The molecule has 1 atom stereocenters. The second-order valence-corrected chi connectivity index (χ2v) is 4.46. The standard InChI is InChI=1S/C14H14N4O2/c15-6-5-12(19)14-17-13(18-20-14)10-3-4-11-9(8-10)2-1-7-16-11/h1-4,7-8,12,19H,5-6,15H2/t12-/m0/s1. The van der Waals surface area contributed by atoms with Gasteiger partial charge in [0.05, 0.1) is 5.52 Å². The summed E-state index contributed by atoms with van der Waals surface area (Å²) in [5.74, 6) is 0.638. The summed E-state index contributed by atoms with van der Waals surface area (Å²) >= 11 is 0. The molecule has 20 heavy (non-hydrogen) atoms. The van der Waals surface area contributed by atoms with Gasteiger partial charge in [0.2, 0.25) is 5.82 Å². The molecule has 102 valence electrons. The summed E-state index contributed by atoms with van der Waals surface area (Å²) in [4.78, 5) is 8.46. The summed E-state index contributed by atoms with van der Waals surface area (Å²) in [5.41, 5.74) is 7.12. The highest BCUT2D eigenvalue weighted by Crippen LogP contribution is 2.23. The summed E-state index contributed by atoms with van der Waals surface area (Å²) in [6.45, 7) is 0.362. The van der Waals surface area contributed by atoms with Gasteiger partial charge in [-0.25, -0.2) is 0 Å². The van der Waals surface area contributed by atoms with E-state index in [2.05, 4.69) is 15.1 Å². The zero-order valence-corrected chi connectivity index (χ0v) is 10.7. The molecule has 0 saturated carbocycles. The third-order valence-electron chi connectivity index (χ3n) is 3.03. The van der Waals surface area contributed by atoms with Crippen LogP contribution in [-0.2, 0) is 0 Å². The zero-order valence-electron chi connectivity index (χ0n) is 10.7. The fourth-order valence-corrected chi connectivity index (χ4v) is 1.98. The van der Waals surface area contributed by atoms with E-state index in [9.17, 15) is 5.11 Å². The van der Waals surface area contributed by atoms with Crippen LogP contribution in [0, 0.1) is 0 Å². The monoisotopic (exact) mass is 270 g/mol. The molecule has 3 aromatic rings. The summed E-state index contributed by atoms with van der Waals surface area (Å²) in [5, 5.41) is 14.7. The Labute approximate surface area is 115 Å². The van der Waals surface area contributed by atoms with E-state index in [1.54, 1.807) is 6.20 Å². The van der Waals surface area contributed by atoms with Gasteiger partial charge < -0.3 is 15.4 Å². The number of aromatic nitrogens is 3. The number of hydrogen-bond donors (Lipinski definition) is 2. The highest BCUT2D eigenvalue weighted by molar-refractivity contribution is 5.82. The first-order valence-electron chi connectivity index (χ1n) is 6.35. The van der Waals surface area contributed by atoms with Crippen LogP contribution in [-0.4, -0.2) is 26.8 Å². The normalized spacial score (nSPS) is 12.7. The first-order valence-corrected chi connectivity index (χ1v) is 6.35. The second kappa shape index (κ2) is 5.36. The molecular weight excluding hydrogens is 256 g/mol. The van der Waals surface area contributed by atoms with Crippen LogP contribution in [0.5, 0.6) is 0 Å². The molecule has 6 nitrogen and oxygen atoms in total. The van der Waals surface area contributed by atoms with E-state index < -0.39 is 6.10 Å². The molecule has 0 fully saturated rings. The Morgan fingerprint density at radius 1 is 1.30 bits per heavy atom. The van der Waals surface area contributed by atoms with Crippen LogP contribution in [0.25, 0.3) is 22.3 Å². The Bertz CT molecular complexity index is 726. The number of hydrogen-bond acceptors (Lipinski definition) is 6. The van der Waals surface area contributed by atoms with Crippen molar-refractivity contribution in [3.05, 3.63) is 42.4 Å². The predicted octanol–water partition coefficient (Wildman–Crippen LogP) is 1.67. The molecule has 6 heteroatoms. The quantitative estimate of drug-likeness (QED) is 0.748. The van der Waals surface area contributed by atoms with E-state index in [1.165, 1.54) is 0 Å². The molecule has 0 amide bonds. The van der Waals surface area contributed by atoms with E-state index in [0.717, 1.165) is 16.5 Å². The van der Waals surface area contributed by atoms with E-state index in [0.29, 0.717) is 18.8 Å². The minimum atomic E-state index is -0.816. The van der Waals surface area contributed by atoms with Crippen molar-refractivity contribution < 1.29 is 9.63 Å². The van der Waals surface area contributed by atoms with Crippen LogP contribution in [0.2, 0.25) is 0 Å². The highest BCUT2D eigenvalue weighted by Gasteiger charge is 2.16. The first kappa shape index (κ1) is 12.7. The Morgan fingerprint density at radius 2 is 2.20 bits per heavy atom.